The average Bonchev–Trinajstić information content (AvgIpc) is 3.36. The molecule has 1 saturated heterocycles. The van der Waals surface area contributed by atoms with Crippen LogP contribution in [0.3, 0.4) is 0 Å². The molecule has 0 saturated carbocycles. The van der Waals surface area contributed by atoms with Gasteiger partial charge in [0.15, 0.2) is 0 Å². The highest BCUT2D eigenvalue weighted by molar-refractivity contribution is 7.89. The minimum absolute atomic E-state index is 0.0210. The number of carbonyl (C=O) groups is 1. The number of rotatable bonds is 6. The quantitative estimate of drug-likeness (QED) is 0.483. The molecule has 0 spiro atoms. The molecule has 3 aromatic rings. The van der Waals surface area contributed by atoms with Gasteiger partial charge in [-0.25, -0.2) is 12.8 Å². The molecule has 2 atom stereocenters. The van der Waals surface area contributed by atoms with Crippen molar-refractivity contribution in [2.75, 3.05) is 32.7 Å². The van der Waals surface area contributed by atoms with E-state index in [0.717, 1.165) is 18.5 Å². The number of sulfonamides is 1. The number of amides is 1. The number of fused-ring (bicyclic) bond motifs is 1. The molecule has 6 nitrogen and oxygen atoms in total. The summed E-state index contributed by atoms with van der Waals surface area (Å²) in [5, 5.41) is 2.08. The molecular formula is C27H30FN3O3S2. The lowest BCUT2D eigenvalue weighted by Gasteiger charge is -2.40. The van der Waals surface area contributed by atoms with Crippen molar-refractivity contribution in [1.82, 2.24) is 14.1 Å². The third-order valence-electron chi connectivity index (χ3n) is 7.11. The molecule has 9 heteroatoms. The maximum absolute atomic E-state index is 14.0. The van der Waals surface area contributed by atoms with Gasteiger partial charge in [0.05, 0.1) is 10.9 Å². The summed E-state index contributed by atoms with van der Waals surface area (Å²) in [5.41, 5.74) is 2.09. The standard InChI is InChI=1S/C27H30FN3O3S2/c1-20-19-30(15-16-31(20)36(33,34)23-8-3-2-4-9-23)26(32)11-14-29-13-10-25-24(12-17-35-25)27(29)21-6-5-7-22(28)18-21/h2-9,12,17-18,20,27H,10-11,13-16,19H2,1H3/t20-,27-/m0/s1. The van der Waals surface area contributed by atoms with Crippen molar-refractivity contribution in [2.45, 2.75) is 36.7 Å². The predicted octanol–water partition coefficient (Wildman–Crippen LogP) is 4.15. The van der Waals surface area contributed by atoms with E-state index in [-0.39, 0.29) is 35.2 Å². The molecule has 1 fully saturated rings. The molecule has 2 aliphatic heterocycles. The molecule has 0 unspecified atom stereocenters. The topological polar surface area (TPSA) is 60.9 Å². The third kappa shape index (κ3) is 4.98. The first kappa shape index (κ1) is 25.1. The molecule has 2 aromatic carbocycles. The largest absolute Gasteiger partial charge is 0.340 e. The van der Waals surface area contributed by atoms with E-state index in [2.05, 4.69) is 16.3 Å². The Morgan fingerprint density at radius 3 is 2.61 bits per heavy atom. The van der Waals surface area contributed by atoms with Gasteiger partial charge >= 0.3 is 0 Å². The monoisotopic (exact) mass is 527 g/mol. The van der Waals surface area contributed by atoms with Gasteiger partial charge in [-0.15, -0.1) is 11.3 Å². The SMILES string of the molecule is C[C@H]1CN(C(=O)CCN2CCc3sccc3[C@@H]2c2cccc(F)c2)CCN1S(=O)(=O)c1ccccc1. The summed E-state index contributed by atoms with van der Waals surface area (Å²) in [5.74, 6) is -0.240. The third-order valence-corrected chi connectivity index (χ3v) is 10.1. The van der Waals surface area contributed by atoms with Gasteiger partial charge in [0.2, 0.25) is 15.9 Å². The van der Waals surface area contributed by atoms with E-state index in [1.54, 1.807) is 58.7 Å². The van der Waals surface area contributed by atoms with Crippen LogP contribution in [0.2, 0.25) is 0 Å². The van der Waals surface area contributed by atoms with Gasteiger partial charge in [0, 0.05) is 50.1 Å². The molecule has 5 rings (SSSR count). The number of hydrogen-bond donors (Lipinski definition) is 0. The molecule has 0 N–H and O–H groups in total. The molecule has 36 heavy (non-hydrogen) atoms. The second kappa shape index (κ2) is 10.4. The van der Waals surface area contributed by atoms with Crippen molar-refractivity contribution in [3.8, 4) is 0 Å². The van der Waals surface area contributed by atoms with Crippen LogP contribution in [-0.4, -0.2) is 67.2 Å². The fourth-order valence-electron chi connectivity index (χ4n) is 5.33. The van der Waals surface area contributed by atoms with E-state index in [0.29, 0.717) is 26.1 Å². The number of piperazine rings is 1. The van der Waals surface area contributed by atoms with E-state index in [4.69, 9.17) is 0 Å². The van der Waals surface area contributed by atoms with Crippen molar-refractivity contribution in [3.63, 3.8) is 0 Å². The van der Waals surface area contributed by atoms with Gasteiger partial charge in [-0.2, -0.15) is 4.31 Å². The second-order valence-electron chi connectivity index (χ2n) is 9.41. The summed E-state index contributed by atoms with van der Waals surface area (Å²) in [4.78, 5) is 18.8. The zero-order chi connectivity index (χ0) is 25.3. The van der Waals surface area contributed by atoms with Crippen molar-refractivity contribution in [1.29, 1.82) is 0 Å². The van der Waals surface area contributed by atoms with Gasteiger partial charge in [0.1, 0.15) is 5.82 Å². The van der Waals surface area contributed by atoms with Crippen LogP contribution in [0, 0.1) is 5.82 Å². The first-order valence-electron chi connectivity index (χ1n) is 12.2. The molecule has 0 radical (unpaired) electrons. The van der Waals surface area contributed by atoms with E-state index >= 15 is 0 Å². The first-order chi connectivity index (χ1) is 17.3. The summed E-state index contributed by atoms with van der Waals surface area (Å²) in [7, 11) is -3.60. The van der Waals surface area contributed by atoms with Gasteiger partial charge in [-0.05, 0) is 60.2 Å². The smallest absolute Gasteiger partial charge is 0.243 e. The highest BCUT2D eigenvalue weighted by Crippen LogP contribution is 2.38. The lowest BCUT2D eigenvalue weighted by atomic mass is 9.93. The van der Waals surface area contributed by atoms with Crippen molar-refractivity contribution >= 4 is 27.3 Å². The second-order valence-corrected chi connectivity index (χ2v) is 12.3. The first-order valence-corrected chi connectivity index (χ1v) is 14.6. The van der Waals surface area contributed by atoms with Gasteiger partial charge in [-0.1, -0.05) is 30.3 Å². The summed E-state index contributed by atoms with van der Waals surface area (Å²) in [6.07, 6.45) is 1.25. The van der Waals surface area contributed by atoms with Crippen molar-refractivity contribution in [2.24, 2.45) is 0 Å². The Balaban J connectivity index is 1.24. The Kier molecular flexibility index (Phi) is 7.25. The zero-order valence-electron chi connectivity index (χ0n) is 20.2. The number of benzene rings is 2. The number of carbonyl (C=O) groups excluding carboxylic acids is 1. The molecule has 2 aliphatic rings. The van der Waals surface area contributed by atoms with Crippen LogP contribution in [0.5, 0.6) is 0 Å². The Bertz CT molecular complexity index is 1330. The molecule has 1 aromatic heterocycles. The van der Waals surface area contributed by atoms with Crippen molar-refractivity contribution in [3.05, 3.63) is 87.9 Å². The highest BCUT2D eigenvalue weighted by atomic mass is 32.2. The predicted molar refractivity (Wildman–Crippen MR) is 139 cm³/mol. The molecule has 3 heterocycles. The number of nitrogens with zero attached hydrogens (tertiary/aromatic N) is 3. The average molecular weight is 528 g/mol. The Hall–Kier alpha value is -2.59. The maximum atomic E-state index is 14.0. The molecule has 190 valence electrons. The van der Waals surface area contributed by atoms with Crippen LogP contribution < -0.4 is 0 Å². The van der Waals surface area contributed by atoms with Crippen LogP contribution >= 0.6 is 11.3 Å². The van der Waals surface area contributed by atoms with E-state index in [1.807, 2.05) is 13.0 Å². The van der Waals surface area contributed by atoms with Crippen LogP contribution in [0.15, 0.2) is 70.9 Å². The van der Waals surface area contributed by atoms with Crippen molar-refractivity contribution < 1.29 is 17.6 Å². The lowest BCUT2D eigenvalue weighted by Crippen LogP contribution is -2.55. The van der Waals surface area contributed by atoms with Crippen LogP contribution in [0.4, 0.5) is 4.39 Å². The molecular weight excluding hydrogens is 497 g/mol. The van der Waals surface area contributed by atoms with Crippen LogP contribution in [0.25, 0.3) is 0 Å². The summed E-state index contributed by atoms with van der Waals surface area (Å²) >= 11 is 1.73. The van der Waals surface area contributed by atoms with Crippen LogP contribution in [0.1, 0.15) is 35.4 Å². The normalized spacial score (nSPS) is 21.3. The molecule has 1 amide bonds. The number of halogens is 1. The highest BCUT2D eigenvalue weighted by Gasteiger charge is 2.36. The van der Waals surface area contributed by atoms with Gasteiger partial charge < -0.3 is 4.90 Å². The van der Waals surface area contributed by atoms with Gasteiger partial charge in [-0.3, -0.25) is 9.69 Å². The Labute approximate surface area is 216 Å². The molecule has 0 bridgehead atoms. The van der Waals surface area contributed by atoms with Gasteiger partial charge in [0.25, 0.3) is 0 Å². The number of thiophene rings is 1. The zero-order valence-corrected chi connectivity index (χ0v) is 21.8. The summed E-state index contributed by atoms with van der Waals surface area (Å²) in [6.45, 7) is 4.23. The molecule has 0 aliphatic carbocycles. The maximum Gasteiger partial charge on any atom is 0.243 e. The summed E-state index contributed by atoms with van der Waals surface area (Å²) < 4.78 is 41.7. The van der Waals surface area contributed by atoms with E-state index < -0.39 is 10.0 Å². The summed E-state index contributed by atoms with van der Waals surface area (Å²) in [6, 6.07) is 16.9. The Morgan fingerprint density at radius 2 is 1.86 bits per heavy atom. The van der Waals surface area contributed by atoms with Crippen LogP contribution in [-0.2, 0) is 21.2 Å². The minimum atomic E-state index is -3.60. The Morgan fingerprint density at radius 1 is 1.06 bits per heavy atom. The lowest BCUT2D eigenvalue weighted by molar-refractivity contribution is -0.133. The number of hydrogen-bond acceptors (Lipinski definition) is 5. The fraction of sp³-hybridized carbons (Fsp3) is 0.370. The minimum Gasteiger partial charge on any atom is -0.340 e. The van der Waals surface area contributed by atoms with E-state index in [9.17, 15) is 17.6 Å². The van der Waals surface area contributed by atoms with E-state index in [1.165, 1.54) is 20.8 Å². The fourth-order valence-corrected chi connectivity index (χ4v) is 7.86.